The second-order valence-corrected chi connectivity index (χ2v) is 8.14. The van der Waals surface area contributed by atoms with Crippen LogP contribution in [0.2, 0.25) is 0 Å². The lowest BCUT2D eigenvalue weighted by Crippen LogP contribution is -2.48. The molecule has 1 aliphatic rings. The van der Waals surface area contributed by atoms with Gasteiger partial charge in [0.25, 0.3) is 0 Å². The third-order valence-electron chi connectivity index (χ3n) is 4.84. The summed E-state index contributed by atoms with van der Waals surface area (Å²) < 4.78 is 11.1. The highest BCUT2D eigenvalue weighted by molar-refractivity contribution is 5.78. The summed E-state index contributed by atoms with van der Waals surface area (Å²) in [5.74, 6) is -0.172. The molecule has 1 aromatic carbocycles. The Morgan fingerprint density at radius 3 is 2.37 bits per heavy atom. The molecule has 27 heavy (non-hydrogen) atoms. The number of carbonyl (C=O) groups is 2. The third-order valence-corrected chi connectivity index (χ3v) is 4.84. The number of rotatable bonds is 6. The van der Waals surface area contributed by atoms with Crippen molar-refractivity contribution in [3.8, 4) is 0 Å². The van der Waals surface area contributed by atoms with Crippen molar-refractivity contribution in [1.29, 1.82) is 0 Å². The van der Waals surface area contributed by atoms with Crippen LogP contribution in [0.4, 0.5) is 4.79 Å². The first-order chi connectivity index (χ1) is 12.8. The topological polar surface area (TPSA) is 55.8 Å². The molecule has 0 N–H and O–H groups in total. The number of hydrogen-bond acceptors (Lipinski definition) is 4. The van der Waals surface area contributed by atoms with Crippen molar-refractivity contribution < 1.29 is 19.1 Å². The van der Waals surface area contributed by atoms with Crippen molar-refractivity contribution in [3.05, 3.63) is 48.6 Å². The number of benzene rings is 1. The maximum absolute atomic E-state index is 12.8. The second kappa shape index (κ2) is 9.07. The fraction of sp³-hybridized carbons (Fsp3) is 0.545. The van der Waals surface area contributed by atoms with Crippen molar-refractivity contribution in [3.63, 3.8) is 0 Å². The van der Waals surface area contributed by atoms with Gasteiger partial charge in [-0.2, -0.15) is 0 Å². The molecule has 1 amide bonds. The zero-order valence-corrected chi connectivity index (χ0v) is 16.7. The van der Waals surface area contributed by atoms with Crippen LogP contribution in [-0.4, -0.2) is 35.7 Å². The molecule has 0 radical (unpaired) electrons. The van der Waals surface area contributed by atoms with Gasteiger partial charge >= 0.3 is 12.1 Å². The molecule has 0 aromatic heterocycles. The molecule has 1 saturated heterocycles. The van der Waals surface area contributed by atoms with Gasteiger partial charge in [0, 0.05) is 13.1 Å². The van der Waals surface area contributed by atoms with Crippen molar-refractivity contribution in [2.24, 2.45) is 5.41 Å². The molecule has 0 atom stereocenters. The first-order valence-corrected chi connectivity index (χ1v) is 9.56. The van der Waals surface area contributed by atoms with Gasteiger partial charge < -0.3 is 14.4 Å². The Bertz CT molecular complexity index is 640. The summed E-state index contributed by atoms with van der Waals surface area (Å²) >= 11 is 0. The normalized spacial score (nSPS) is 16.5. The molecule has 1 aromatic rings. The highest BCUT2D eigenvalue weighted by Gasteiger charge is 2.44. The van der Waals surface area contributed by atoms with E-state index in [1.165, 1.54) is 0 Å². The highest BCUT2D eigenvalue weighted by Crippen LogP contribution is 2.39. The van der Waals surface area contributed by atoms with E-state index in [9.17, 15) is 9.59 Å². The second-order valence-electron chi connectivity index (χ2n) is 8.14. The number of allylic oxidation sites excluding steroid dienone is 1. The summed E-state index contributed by atoms with van der Waals surface area (Å²) in [7, 11) is 0. The van der Waals surface area contributed by atoms with Crippen molar-refractivity contribution in [2.75, 3.05) is 13.1 Å². The number of piperidine rings is 1. The average molecular weight is 373 g/mol. The maximum Gasteiger partial charge on any atom is 0.410 e. The van der Waals surface area contributed by atoms with Gasteiger partial charge in [-0.25, -0.2) is 4.79 Å². The minimum Gasteiger partial charge on any atom is -0.460 e. The Hall–Kier alpha value is -2.30. The molecular formula is C22H31NO4. The summed E-state index contributed by atoms with van der Waals surface area (Å²) in [4.78, 5) is 26.9. The third kappa shape index (κ3) is 6.12. The van der Waals surface area contributed by atoms with Crippen LogP contribution in [0.15, 0.2) is 43.0 Å². The van der Waals surface area contributed by atoms with Crippen LogP contribution in [-0.2, 0) is 20.9 Å². The van der Waals surface area contributed by atoms with E-state index >= 15 is 0 Å². The van der Waals surface area contributed by atoms with E-state index in [0.29, 0.717) is 32.4 Å². The van der Waals surface area contributed by atoms with Crippen molar-refractivity contribution in [1.82, 2.24) is 4.90 Å². The van der Waals surface area contributed by atoms with Gasteiger partial charge in [0.15, 0.2) is 0 Å². The lowest BCUT2D eigenvalue weighted by Gasteiger charge is -2.40. The monoisotopic (exact) mass is 373 g/mol. The van der Waals surface area contributed by atoms with Crippen LogP contribution >= 0.6 is 0 Å². The Balaban J connectivity index is 1.94. The Morgan fingerprint density at radius 1 is 1.19 bits per heavy atom. The molecular weight excluding hydrogens is 342 g/mol. The van der Waals surface area contributed by atoms with E-state index in [1.54, 1.807) is 4.90 Å². The summed E-state index contributed by atoms with van der Waals surface area (Å²) in [6, 6.07) is 9.60. The molecule has 2 rings (SSSR count). The van der Waals surface area contributed by atoms with Crippen molar-refractivity contribution in [2.45, 2.75) is 58.7 Å². The lowest BCUT2D eigenvalue weighted by atomic mass is 9.74. The van der Waals surface area contributed by atoms with Crippen LogP contribution < -0.4 is 0 Å². The number of ether oxygens (including phenoxy) is 2. The number of amides is 1. The van der Waals surface area contributed by atoms with Crippen LogP contribution in [0.5, 0.6) is 0 Å². The molecule has 5 nitrogen and oxygen atoms in total. The molecule has 0 saturated carbocycles. The molecule has 0 spiro atoms. The van der Waals surface area contributed by atoms with Gasteiger partial charge in [-0.3, -0.25) is 4.79 Å². The molecule has 0 bridgehead atoms. The number of carbonyl (C=O) groups excluding carboxylic acids is 2. The minimum absolute atomic E-state index is 0.172. The van der Waals surface area contributed by atoms with E-state index < -0.39 is 11.0 Å². The molecule has 0 unspecified atom stereocenters. The van der Waals surface area contributed by atoms with Crippen LogP contribution in [0.3, 0.4) is 0 Å². The fourth-order valence-electron chi connectivity index (χ4n) is 3.25. The molecule has 1 fully saturated rings. The number of nitrogens with zero attached hydrogens (tertiary/aromatic N) is 1. The zero-order valence-electron chi connectivity index (χ0n) is 16.7. The quantitative estimate of drug-likeness (QED) is 0.535. The first-order valence-electron chi connectivity index (χ1n) is 9.56. The average Bonchev–Trinajstić information content (AvgIpc) is 2.64. The first kappa shape index (κ1) is 21.0. The van der Waals surface area contributed by atoms with Gasteiger partial charge in [0.1, 0.15) is 12.2 Å². The lowest BCUT2D eigenvalue weighted by molar-refractivity contribution is -0.171. The number of likely N-dealkylation sites (tertiary alicyclic amines) is 1. The predicted molar refractivity (Wildman–Crippen MR) is 105 cm³/mol. The molecule has 1 heterocycles. The van der Waals surface area contributed by atoms with Crippen LogP contribution in [0.1, 0.15) is 52.0 Å². The Labute approximate surface area is 162 Å². The van der Waals surface area contributed by atoms with E-state index in [2.05, 4.69) is 6.58 Å². The molecule has 5 heteroatoms. The molecule has 0 aliphatic carbocycles. The Morgan fingerprint density at radius 2 is 1.81 bits per heavy atom. The smallest absolute Gasteiger partial charge is 0.410 e. The summed E-state index contributed by atoms with van der Waals surface area (Å²) in [6.45, 7) is 10.6. The van der Waals surface area contributed by atoms with Gasteiger partial charge in [-0.15, -0.1) is 6.58 Å². The number of esters is 1. The fourth-order valence-corrected chi connectivity index (χ4v) is 3.25. The van der Waals surface area contributed by atoms with Gasteiger partial charge in [0.2, 0.25) is 0 Å². The van der Waals surface area contributed by atoms with Crippen molar-refractivity contribution >= 4 is 12.1 Å². The van der Waals surface area contributed by atoms with Gasteiger partial charge in [0.05, 0.1) is 5.41 Å². The predicted octanol–water partition coefficient (Wildman–Crippen LogP) is 4.71. The van der Waals surface area contributed by atoms with Crippen LogP contribution in [0.25, 0.3) is 0 Å². The van der Waals surface area contributed by atoms with E-state index in [-0.39, 0.29) is 18.7 Å². The van der Waals surface area contributed by atoms with Gasteiger partial charge in [-0.1, -0.05) is 36.4 Å². The standard InChI is InChI=1S/C22H31NO4/c1-5-6-12-22(19(24)27-21(2,3)4)13-15-23(16-14-22)20(25)26-17-18-10-8-7-9-11-18/h5,7-11H,1,6,12-17H2,2-4H3. The SMILES string of the molecule is C=CCCC1(C(=O)OC(C)(C)C)CCN(C(=O)OCc2ccccc2)CC1. The molecule has 1 aliphatic heterocycles. The summed E-state index contributed by atoms with van der Waals surface area (Å²) in [6.07, 6.45) is 4.09. The van der Waals surface area contributed by atoms with E-state index in [0.717, 1.165) is 12.0 Å². The van der Waals surface area contributed by atoms with E-state index in [1.807, 2.05) is 57.2 Å². The Kier molecular flexibility index (Phi) is 7.05. The number of hydrogen-bond donors (Lipinski definition) is 0. The van der Waals surface area contributed by atoms with E-state index in [4.69, 9.17) is 9.47 Å². The molecule has 148 valence electrons. The summed E-state index contributed by atoms with van der Waals surface area (Å²) in [5.41, 5.74) is -0.126. The highest BCUT2D eigenvalue weighted by atomic mass is 16.6. The zero-order chi connectivity index (χ0) is 19.9. The maximum atomic E-state index is 12.8. The van der Waals surface area contributed by atoms with Gasteiger partial charge in [-0.05, 0) is 52.0 Å². The van der Waals surface area contributed by atoms with Crippen LogP contribution in [0, 0.1) is 5.41 Å². The minimum atomic E-state index is -0.558. The largest absolute Gasteiger partial charge is 0.460 e. The summed E-state index contributed by atoms with van der Waals surface area (Å²) in [5, 5.41) is 0.